The summed E-state index contributed by atoms with van der Waals surface area (Å²) < 4.78 is 0. The Bertz CT molecular complexity index is 692. The number of hydrogen-bond donors (Lipinski definition) is 0. The van der Waals surface area contributed by atoms with Gasteiger partial charge in [0.1, 0.15) is 11.0 Å². The van der Waals surface area contributed by atoms with Crippen molar-refractivity contribution in [1.82, 2.24) is 19.9 Å². The van der Waals surface area contributed by atoms with Crippen LogP contribution >= 0.6 is 11.6 Å². The minimum absolute atomic E-state index is 0.436. The maximum absolute atomic E-state index is 6.17. The number of pyridine rings is 1. The van der Waals surface area contributed by atoms with E-state index in [4.69, 9.17) is 11.6 Å². The lowest BCUT2D eigenvalue weighted by molar-refractivity contribution is 0.325. The van der Waals surface area contributed by atoms with Gasteiger partial charge in [0.2, 0.25) is 5.95 Å². The summed E-state index contributed by atoms with van der Waals surface area (Å²) in [7, 11) is 6.01. The molecule has 0 aliphatic carbocycles. The van der Waals surface area contributed by atoms with E-state index in [0.29, 0.717) is 11.2 Å². The number of nitrogens with zero attached hydrogens (tertiary/aromatic N) is 6. The Morgan fingerprint density at radius 1 is 1.21 bits per heavy atom. The first-order chi connectivity index (χ1) is 11.5. The SMILES string of the molecule is CN(C)c1nccc(N(C)C2CCN(Cc3cccnc3Cl)C2)n1. The van der Waals surface area contributed by atoms with E-state index < -0.39 is 0 Å². The number of rotatable bonds is 5. The molecule has 0 bridgehead atoms. The summed E-state index contributed by atoms with van der Waals surface area (Å²) >= 11 is 6.17. The molecule has 0 spiro atoms. The van der Waals surface area contributed by atoms with Crippen LogP contribution in [0.15, 0.2) is 30.6 Å². The highest BCUT2D eigenvalue weighted by Crippen LogP contribution is 2.23. The first kappa shape index (κ1) is 16.9. The van der Waals surface area contributed by atoms with E-state index in [9.17, 15) is 0 Å². The van der Waals surface area contributed by atoms with Crippen molar-refractivity contribution in [1.29, 1.82) is 0 Å². The standard InChI is InChI=1S/C17H23ClN6/c1-22(2)17-20-9-6-15(21-17)23(3)14-7-10-24(12-14)11-13-5-4-8-19-16(13)18/h4-6,8-9,14H,7,10-12H2,1-3H3. The Labute approximate surface area is 148 Å². The van der Waals surface area contributed by atoms with Crippen molar-refractivity contribution >= 4 is 23.4 Å². The summed E-state index contributed by atoms with van der Waals surface area (Å²) in [6.07, 6.45) is 4.65. The van der Waals surface area contributed by atoms with Crippen molar-refractivity contribution in [2.24, 2.45) is 0 Å². The third-order valence-electron chi connectivity index (χ3n) is 4.42. The van der Waals surface area contributed by atoms with Crippen LogP contribution in [-0.2, 0) is 6.54 Å². The summed E-state index contributed by atoms with van der Waals surface area (Å²) in [6.45, 7) is 2.87. The molecule has 1 aliphatic heterocycles. The number of anilines is 2. The van der Waals surface area contributed by atoms with E-state index in [1.807, 2.05) is 43.4 Å². The lowest BCUT2D eigenvalue weighted by Crippen LogP contribution is -2.35. The van der Waals surface area contributed by atoms with Gasteiger partial charge >= 0.3 is 0 Å². The van der Waals surface area contributed by atoms with Crippen LogP contribution in [0, 0.1) is 0 Å². The second-order valence-electron chi connectivity index (χ2n) is 6.35. The van der Waals surface area contributed by atoms with Crippen molar-refractivity contribution < 1.29 is 0 Å². The van der Waals surface area contributed by atoms with Gasteiger partial charge in [0, 0.05) is 64.8 Å². The lowest BCUT2D eigenvalue weighted by Gasteiger charge is -2.26. The Morgan fingerprint density at radius 3 is 2.79 bits per heavy atom. The van der Waals surface area contributed by atoms with E-state index in [1.165, 1.54) is 0 Å². The van der Waals surface area contributed by atoms with Crippen LogP contribution in [-0.4, -0.2) is 60.1 Å². The molecule has 2 aromatic rings. The number of likely N-dealkylation sites (tertiary alicyclic amines) is 1. The molecule has 3 heterocycles. The minimum Gasteiger partial charge on any atom is -0.355 e. The van der Waals surface area contributed by atoms with Gasteiger partial charge < -0.3 is 9.80 Å². The smallest absolute Gasteiger partial charge is 0.226 e. The summed E-state index contributed by atoms with van der Waals surface area (Å²) in [5.74, 6) is 1.69. The molecule has 1 atom stereocenters. The van der Waals surface area contributed by atoms with Gasteiger partial charge in [0.15, 0.2) is 0 Å². The fourth-order valence-electron chi connectivity index (χ4n) is 2.99. The van der Waals surface area contributed by atoms with E-state index in [2.05, 4.69) is 31.8 Å². The number of aromatic nitrogens is 3. The van der Waals surface area contributed by atoms with Crippen molar-refractivity contribution in [2.45, 2.75) is 19.0 Å². The first-order valence-electron chi connectivity index (χ1n) is 8.09. The van der Waals surface area contributed by atoms with Crippen molar-refractivity contribution in [3.8, 4) is 0 Å². The molecule has 1 saturated heterocycles. The molecule has 24 heavy (non-hydrogen) atoms. The van der Waals surface area contributed by atoms with Crippen LogP contribution in [0.5, 0.6) is 0 Å². The lowest BCUT2D eigenvalue weighted by atomic mass is 10.2. The van der Waals surface area contributed by atoms with Gasteiger partial charge in [-0.1, -0.05) is 17.7 Å². The molecular weight excluding hydrogens is 324 g/mol. The van der Waals surface area contributed by atoms with Crippen LogP contribution in [0.1, 0.15) is 12.0 Å². The normalized spacial score (nSPS) is 17.9. The van der Waals surface area contributed by atoms with Gasteiger partial charge in [-0.3, -0.25) is 4.90 Å². The maximum Gasteiger partial charge on any atom is 0.226 e. The van der Waals surface area contributed by atoms with E-state index in [1.54, 1.807) is 6.20 Å². The maximum atomic E-state index is 6.17. The van der Waals surface area contributed by atoms with Crippen LogP contribution in [0.4, 0.5) is 11.8 Å². The zero-order valence-corrected chi connectivity index (χ0v) is 15.1. The summed E-state index contributed by atoms with van der Waals surface area (Å²) in [4.78, 5) is 19.7. The highest BCUT2D eigenvalue weighted by atomic mass is 35.5. The molecular formula is C17H23ClN6. The topological polar surface area (TPSA) is 48.4 Å². The number of halogens is 1. The van der Waals surface area contributed by atoms with Gasteiger partial charge in [-0.2, -0.15) is 4.98 Å². The van der Waals surface area contributed by atoms with E-state index in [-0.39, 0.29) is 0 Å². The Kier molecular flexibility index (Phi) is 5.16. The van der Waals surface area contributed by atoms with Crippen LogP contribution in [0.25, 0.3) is 0 Å². The van der Waals surface area contributed by atoms with Crippen LogP contribution < -0.4 is 9.80 Å². The molecule has 0 N–H and O–H groups in total. The molecule has 0 amide bonds. The molecule has 1 aliphatic rings. The minimum atomic E-state index is 0.436. The Morgan fingerprint density at radius 2 is 2.04 bits per heavy atom. The predicted octanol–water partition coefficient (Wildman–Crippen LogP) is 2.30. The van der Waals surface area contributed by atoms with Crippen molar-refractivity contribution in [2.75, 3.05) is 44.0 Å². The molecule has 6 nitrogen and oxygen atoms in total. The summed E-state index contributed by atoms with van der Waals surface area (Å²) in [6, 6.07) is 6.38. The van der Waals surface area contributed by atoms with E-state index >= 15 is 0 Å². The summed E-state index contributed by atoms with van der Waals surface area (Å²) in [5.41, 5.74) is 1.08. The van der Waals surface area contributed by atoms with Crippen molar-refractivity contribution in [3.05, 3.63) is 41.3 Å². The molecule has 128 valence electrons. The third-order valence-corrected chi connectivity index (χ3v) is 4.76. The fourth-order valence-corrected chi connectivity index (χ4v) is 3.17. The highest BCUT2D eigenvalue weighted by molar-refractivity contribution is 6.30. The Hall–Kier alpha value is -1.92. The monoisotopic (exact) mass is 346 g/mol. The van der Waals surface area contributed by atoms with Gasteiger partial charge in [-0.05, 0) is 18.6 Å². The highest BCUT2D eigenvalue weighted by Gasteiger charge is 2.27. The molecule has 0 saturated carbocycles. The average molecular weight is 347 g/mol. The Balaban J connectivity index is 1.65. The van der Waals surface area contributed by atoms with Crippen molar-refractivity contribution in [3.63, 3.8) is 0 Å². The van der Waals surface area contributed by atoms with Gasteiger partial charge in [-0.15, -0.1) is 0 Å². The fraction of sp³-hybridized carbons (Fsp3) is 0.471. The van der Waals surface area contributed by atoms with E-state index in [0.717, 1.165) is 43.4 Å². The molecule has 1 fully saturated rings. The molecule has 2 aromatic heterocycles. The van der Waals surface area contributed by atoms with Crippen LogP contribution in [0.2, 0.25) is 5.15 Å². The third kappa shape index (κ3) is 3.76. The number of likely N-dealkylation sites (N-methyl/N-ethyl adjacent to an activating group) is 1. The molecule has 7 heteroatoms. The zero-order chi connectivity index (χ0) is 17.1. The van der Waals surface area contributed by atoms with Crippen LogP contribution in [0.3, 0.4) is 0 Å². The predicted molar refractivity (Wildman–Crippen MR) is 97.7 cm³/mol. The molecule has 0 radical (unpaired) electrons. The largest absolute Gasteiger partial charge is 0.355 e. The molecule has 1 unspecified atom stereocenters. The van der Waals surface area contributed by atoms with Gasteiger partial charge in [0.05, 0.1) is 0 Å². The molecule has 3 rings (SSSR count). The average Bonchev–Trinajstić information content (AvgIpc) is 3.05. The molecule has 0 aromatic carbocycles. The van der Waals surface area contributed by atoms with Gasteiger partial charge in [-0.25, -0.2) is 9.97 Å². The second kappa shape index (κ2) is 7.32. The zero-order valence-electron chi connectivity index (χ0n) is 14.4. The number of hydrogen-bond acceptors (Lipinski definition) is 6. The first-order valence-corrected chi connectivity index (χ1v) is 8.47. The second-order valence-corrected chi connectivity index (χ2v) is 6.71. The van der Waals surface area contributed by atoms with Gasteiger partial charge in [0.25, 0.3) is 0 Å². The quantitative estimate of drug-likeness (QED) is 0.774. The summed E-state index contributed by atoms with van der Waals surface area (Å²) in [5, 5.41) is 0.598.